The molecule has 0 aliphatic heterocycles. The standard InChI is InChI=1S/C12H10FNO2/c1-2-16-12(15)7-10(8-14)9-3-5-11(13)6-4-9/h3-7H,2H2,1H3. The van der Waals surface area contributed by atoms with Crippen LogP contribution in [0.3, 0.4) is 0 Å². The molecule has 1 rings (SSSR count). The summed E-state index contributed by atoms with van der Waals surface area (Å²) in [5.41, 5.74) is 0.635. The van der Waals surface area contributed by atoms with Crippen LogP contribution in [0, 0.1) is 17.1 Å². The average Bonchev–Trinajstić information content (AvgIpc) is 2.27. The van der Waals surface area contributed by atoms with E-state index < -0.39 is 11.8 Å². The van der Waals surface area contributed by atoms with Crippen molar-refractivity contribution >= 4 is 11.5 Å². The number of hydrogen-bond acceptors (Lipinski definition) is 3. The molecule has 0 bridgehead atoms. The fourth-order valence-electron chi connectivity index (χ4n) is 1.11. The van der Waals surface area contributed by atoms with Gasteiger partial charge < -0.3 is 4.74 Å². The van der Waals surface area contributed by atoms with Gasteiger partial charge in [0.05, 0.1) is 12.2 Å². The number of rotatable bonds is 3. The number of nitriles is 1. The molecule has 16 heavy (non-hydrogen) atoms. The topological polar surface area (TPSA) is 50.1 Å². The lowest BCUT2D eigenvalue weighted by Crippen LogP contribution is -2.00. The first-order valence-corrected chi connectivity index (χ1v) is 4.72. The Balaban J connectivity index is 2.95. The van der Waals surface area contributed by atoms with Gasteiger partial charge in [0, 0.05) is 6.08 Å². The van der Waals surface area contributed by atoms with E-state index >= 15 is 0 Å². The van der Waals surface area contributed by atoms with Crippen LogP contribution in [0.5, 0.6) is 0 Å². The van der Waals surface area contributed by atoms with Crippen molar-refractivity contribution in [3.63, 3.8) is 0 Å². The van der Waals surface area contributed by atoms with Crippen LogP contribution >= 0.6 is 0 Å². The molecular formula is C12H10FNO2. The van der Waals surface area contributed by atoms with Crippen molar-refractivity contribution < 1.29 is 13.9 Å². The number of nitrogens with zero attached hydrogens (tertiary/aromatic N) is 1. The van der Waals surface area contributed by atoms with Crippen LogP contribution in [0.4, 0.5) is 4.39 Å². The third-order valence-corrected chi connectivity index (χ3v) is 1.82. The number of benzene rings is 1. The minimum Gasteiger partial charge on any atom is -0.463 e. The van der Waals surface area contributed by atoms with Crippen molar-refractivity contribution in [1.82, 2.24) is 0 Å². The summed E-state index contributed by atoms with van der Waals surface area (Å²) in [4.78, 5) is 11.1. The Morgan fingerprint density at radius 1 is 1.50 bits per heavy atom. The maximum atomic E-state index is 12.6. The Morgan fingerprint density at radius 2 is 2.12 bits per heavy atom. The minimum absolute atomic E-state index is 0.151. The number of allylic oxidation sites excluding steroid dienone is 1. The third kappa shape index (κ3) is 3.21. The molecule has 0 amide bonds. The van der Waals surface area contributed by atoms with E-state index in [1.807, 2.05) is 6.07 Å². The molecule has 0 aliphatic carbocycles. The van der Waals surface area contributed by atoms with E-state index in [1.165, 1.54) is 24.3 Å². The predicted molar refractivity (Wildman–Crippen MR) is 56.6 cm³/mol. The smallest absolute Gasteiger partial charge is 0.332 e. The van der Waals surface area contributed by atoms with Crippen LogP contribution in [-0.4, -0.2) is 12.6 Å². The predicted octanol–water partition coefficient (Wildman–Crippen LogP) is 2.30. The Hall–Kier alpha value is -2.15. The number of ether oxygens (including phenoxy) is 1. The lowest BCUT2D eigenvalue weighted by atomic mass is 10.1. The second kappa shape index (κ2) is 5.66. The summed E-state index contributed by atoms with van der Waals surface area (Å²) >= 11 is 0. The summed E-state index contributed by atoms with van der Waals surface area (Å²) in [7, 11) is 0. The fourth-order valence-corrected chi connectivity index (χ4v) is 1.11. The van der Waals surface area contributed by atoms with Crippen LogP contribution in [-0.2, 0) is 9.53 Å². The molecule has 0 fully saturated rings. The molecule has 1 aromatic rings. The number of esters is 1. The number of halogens is 1. The molecule has 0 aliphatic rings. The summed E-state index contributed by atoms with van der Waals surface area (Å²) in [5, 5.41) is 8.85. The summed E-state index contributed by atoms with van der Waals surface area (Å²) in [6.45, 7) is 1.92. The molecule has 0 atom stereocenters. The lowest BCUT2D eigenvalue weighted by Gasteiger charge is -1.99. The van der Waals surface area contributed by atoms with Crippen LogP contribution in [0.15, 0.2) is 30.3 Å². The number of hydrogen-bond donors (Lipinski definition) is 0. The molecule has 3 nitrogen and oxygen atoms in total. The molecular weight excluding hydrogens is 209 g/mol. The van der Waals surface area contributed by atoms with Crippen molar-refractivity contribution in [3.05, 3.63) is 41.7 Å². The summed E-state index contributed by atoms with van der Waals surface area (Å²) in [6, 6.07) is 7.19. The largest absolute Gasteiger partial charge is 0.463 e. The van der Waals surface area contributed by atoms with Gasteiger partial charge in [0.15, 0.2) is 0 Å². The van der Waals surface area contributed by atoms with Gasteiger partial charge in [0.2, 0.25) is 0 Å². The molecule has 0 saturated carbocycles. The Morgan fingerprint density at radius 3 is 2.62 bits per heavy atom. The monoisotopic (exact) mass is 219 g/mol. The van der Waals surface area contributed by atoms with E-state index in [-0.39, 0.29) is 12.2 Å². The molecule has 0 saturated heterocycles. The van der Waals surface area contributed by atoms with Gasteiger partial charge in [0.25, 0.3) is 0 Å². The van der Waals surface area contributed by atoms with Gasteiger partial charge in [-0.2, -0.15) is 5.26 Å². The number of carbonyl (C=O) groups excluding carboxylic acids is 1. The molecule has 1 aromatic carbocycles. The second-order valence-corrected chi connectivity index (χ2v) is 2.93. The van der Waals surface area contributed by atoms with Crippen molar-refractivity contribution in [2.75, 3.05) is 6.61 Å². The van der Waals surface area contributed by atoms with Gasteiger partial charge in [-0.25, -0.2) is 9.18 Å². The second-order valence-electron chi connectivity index (χ2n) is 2.93. The van der Waals surface area contributed by atoms with Crippen molar-refractivity contribution in [1.29, 1.82) is 5.26 Å². The highest BCUT2D eigenvalue weighted by atomic mass is 19.1. The highest BCUT2D eigenvalue weighted by Gasteiger charge is 2.04. The van der Waals surface area contributed by atoms with Gasteiger partial charge in [-0.1, -0.05) is 12.1 Å². The molecule has 0 heterocycles. The van der Waals surface area contributed by atoms with Gasteiger partial charge in [-0.15, -0.1) is 0 Å². The number of carbonyl (C=O) groups is 1. The molecule has 0 aromatic heterocycles. The first-order valence-electron chi connectivity index (χ1n) is 4.72. The molecule has 0 N–H and O–H groups in total. The van der Waals surface area contributed by atoms with Crippen LogP contribution in [0.25, 0.3) is 5.57 Å². The zero-order chi connectivity index (χ0) is 12.0. The first kappa shape index (κ1) is 11.9. The van der Waals surface area contributed by atoms with Gasteiger partial charge in [-0.05, 0) is 24.6 Å². The minimum atomic E-state index is -0.580. The van der Waals surface area contributed by atoms with Gasteiger partial charge >= 0.3 is 5.97 Å². The summed E-state index contributed by atoms with van der Waals surface area (Å²) < 4.78 is 17.3. The van der Waals surface area contributed by atoms with Crippen LogP contribution in [0.2, 0.25) is 0 Å². The highest BCUT2D eigenvalue weighted by molar-refractivity contribution is 5.95. The van der Waals surface area contributed by atoms with E-state index in [2.05, 4.69) is 4.74 Å². The molecule has 4 heteroatoms. The van der Waals surface area contributed by atoms with E-state index in [9.17, 15) is 9.18 Å². The maximum absolute atomic E-state index is 12.6. The van der Waals surface area contributed by atoms with E-state index in [0.717, 1.165) is 6.08 Å². The molecule has 82 valence electrons. The molecule has 0 radical (unpaired) electrons. The Labute approximate surface area is 92.8 Å². The highest BCUT2D eigenvalue weighted by Crippen LogP contribution is 2.14. The van der Waals surface area contributed by atoms with Crippen LogP contribution in [0.1, 0.15) is 12.5 Å². The van der Waals surface area contributed by atoms with E-state index in [0.29, 0.717) is 5.56 Å². The molecule has 0 spiro atoms. The normalized spacial score (nSPS) is 10.7. The first-order chi connectivity index (χ1) is 7.67. The van der Waals surface area contributed by atoms with Crippen LogP contribution < -0.4 is 0 Å². The Kier molecular flexibility index (Phi) is 4.22. The van der Waals surface area contributed by atoms with Crippen molar-refractivity contribution in [3.8, 4) is 6.07 Å². The Bertz CT molecular complexity index is 443. The van der Waals surface area contributed by atoms with Gasteiger partial charge in [0.1, 0.15) is 11.9 Å². The van der Waals surface area contributed by atoms with E-state index in [1.54, 1.807) is 6.92 Å². The zero-order valence-corrected chi connectivity index (χ0v) is 8.74. The van der Waals surface area contributed by atoms with Crippen molar-refractivity contribution in [2.45, 2.75) is 6.92 Å². The quantitative estimate of drug-likeness (QED) is 0.445. The molecule has 0 unspecified atom stereocenters. The zero-order valence-electron chi connectivity index (χ0n) is 8.74. The lowest BCUT2D eigenvalue weighted by molar-refractivity contribution is -0.137. The van der Waals surface area contributed by atoms with Crippen molar-refractivity contribution in [2.24, 2.45) is 0 Å². The fraction of sp³-hybridized carbons (Fsp3) is 0.167. The SMILES string of the molecule is CCOC(=O)C=C(C#N)c1ccc(F)cc1. The third-order valence-electron chi connectivity index (χ3n) is 1.82. The maximum Gasteiger partial charge on any atom is 0.332 e. The summed E-state index contributed by atoms with van der Waals surface area (Å²) in [6.07, 6.45) is 1.09. The average molecular weight is 219 g/mol. The van der Waals surface area contributed by atoms with Gasteiger partial charge in [-0.3, -0.25) is 0 Å². The summed E-state index contributed by atoms with van der Waals surface area (Å²) in [5.74, 6) is -0.972. The van der Waals surface area contributed by atoms with E-state index in [4.69, 9.17) is 5.26 Å².